The standard InChI is InChI=1S/C30H37ClFN5O3/c1-6-23(38)35-13-14-36-20(16-35)18-40-27-24(29(36)39)28(33-26(25(27)31)21-11-9-10-12-22(21)32)37-17-19(15-30(37,4)5)34(7-2)8-3/h6,9-12,19-20H,1,7-8,13-18H2,2-5H3/t19?,20-/m1/s1. The molecule has 1 aromatic heterocycles. The fourth-order valence-corrected chi connectivity index (χ4v) is 6.66. The summed E-state index contributed by atoms with van der Waals surface area (Å²) in [6.45, 7) is 15.9. The second kappa shape index (κ2) is 11.0. The Morgan fingerprint density at radius 1 is 1.25 bits per heavy atom. The van der Waals surface area contributed by atoms with Gasteiger partial charge in [0.25, 0.3) is 5.91 Å². The minimum absolute atomic E-state index is 0.105. The topological polar surface area (TPSA) is 69.2 Å². The molecule has 1 aromatic carbocycles. The molecule has 40 heavy (non-hydrogen) atoms. The predicted octanol–water partition coefficient (Wildman–Crippen LogP) is 4.47. The molecule has 0 saturated carbocycles. The Kier molecular flexibility index (Phi) is 7.81. The molecule has 2 amide bonds. The van der Waals surface area contributed by atoms with Gasteiger partial charge in [0, 0.05) is 43.3 Å². The lowest BCUT2D eigenvalue weighted by molar-refractivity contribution is -0.128. The van der Waals surface area contributed by atoms with Gasteiger partial charge in [-0.2, -0.15) is 0 Å². The zero-order valence-corrected chi connectivity index (χ0v) is 24.4. The van der Waals surface area contributed by atoms with Gasteiger partial charge in [-0.15, -0.1) is 0 Å². The van der Waals surface area contributed by atoms with Crippen molar-refractivity contribution in [3.05, 3.63) is 53.3 Å². The number of pyridine rings is 1. The van der Waals surface area contributed by atoms with Crippen molar-refractivity contribution >= 4 is 29.2 Å². The number of amides is 2. The molecule has 4 heterocycles. The molecule has 3 aliphatic rings. The maximum atomic E-state index is 15.1. The van der Waals surface area contributed by atoms with Gasteiger partial charge in [-0.25, -0.2) is 9.37 Å². The Balaban J connectivity index is 1.66. The summed E-state index contributed by atoms with van der Waals surface area (Å²) in [7, 11) is 0. The van der Waals surface area contributed by atoms with Crippen molar-refractivity contribution in [1.29, 1.82) is 0 Å². The van der Waals surface area contributed by atoms with Gasteiger partial charge in [-0.05, 0) is 51.6 Å². The molecular weight excluding hydrogens is 533 g/mol. The molecule has 2 fully saturated rings. The summed E-state index contributed by atoms with van der Waals surface area (Å²) < 4.78 is 21.4. The predicted molar refractivity (Wildman–Crippen MR) is 154 cm³/mol. The highest BCUT2D eigenvalue weighted by molar-refractivity contribution is 6.35. The fraction of sp³-hybridized carbons (Fsp3) is 0.500. The summed E-state index contributed by atoms with van der Waals surface area (Å²) in [4.78, 5) is 39.6. The second-order valence-corrected chi connectivity index (χ2v) is 11.6. The molecule has 0 aliphatic carbocycles. The average Bonchev–Trinajstić information content (AvgIpc) is 3.17. The van der Waals surface area contributed by atoms with Crippen LogP contribution in [0.25, 0.3) is 11.3 Å². The summed E-state index contributed by atoms with van der Waals surface area (Å²) >= 11 is 6.91. The van der Waals surface area contributed by atoms with Crippen LogP contribution in [0.2, 0.25) is 5.02 Å². The third-order valence-corrected chi connectivity index (χ3v) is 8.86. The van der Waals surface area contributed by atoms with Gasteiger partial charge in [-0.3, -0.25) is 14.5 Å². The Labute approximate surface area is 240 Å². The van der Waals surface area contributed by atoms with E-state index < -0.39 is 5.82 Å². The third kappa shape index (κ3) is 4.83. The maximum absolute atomic E-state index is 15.1. The van der Waals surface area contributed by atoms with E-state index in [1.165, 1.54) is 12.1 Å². The normalized spacial score (nSPS) is 22.1. The average molecular weight is 570 g/mol. The van der Waals surface area contributed by atoms with Crippen LogP contribution in [0.3, 0.4) is 0 Å². The minimum atomic E-state index is -0.458. The summed E-state index contributed by atoms with van der Waals surface area (Å²) in [5.41, 5.74) is 0.445. The third-order valence-electron chi connectivity index (χ3n) is 8.51. The molecule has 0 radical (unpaired) electrons. The number of halogens is 2. The first kappa shape index (κ1) is 28.4. The maximum Gasteiger partial charge on any atom is 0.261 e. The number of carbonyl (C=O) groups is 2. The first-order chi connectivity index (χ1) is 19.1. The van der Waals surface area contributed by atoms with Crippen LogP contribution in [0, 0.1) is 5.82 Å². The number of hydrogen-bond acceptors (Lipinski definition) is 6. The molecule has 0 N–H and O–H groups in total. The van der Waals surface area contributed by atoms with Gasteiger partial charge >= 0.3 is 0 Å². The van der Waals surface area contributed by atoms with Crippen LogP contribution in [-0.2, 0) is 4.79 Å². The molecule has 2 atom stereocenters. The highest BCUT2D eigenvalue weighted by Crippen LogP contribution is 2.47. The largest absolute Gasteiger partial charge is 0.489 e. The quantitative estimate of drug-likeness (QED) is 0.478. The SMILES string of the molecule is C=CC(=O)N1CCN2C(=O)c3c(N4CC(N(CC)CC)CC4(C)C)nc(-c4ccccc4F)c(Cl)c3OC[C@H]2C1. The lowest BCUT2D eigenvalue weighted by atomic mass is 9.98. The minimum Gasteiger partial charge on any atom is -0.489 e. The van der Waals surface area contributed by atoms with Crippen LogP contribution in [0.4, 0.5) is 10.2 Å². The number of anilines is 1. The second-order valence-electron chi connectivity index (χ2n) is 11.2. The molecule has 3 aliphatic heterocycles. The molecule has 0 spiro atoms. The van der Waals surface area contributed by atoms with E-state index in [1.807, 2.05) is 0 Å². The molecule has 214 valence electrons. The Morgan fingerprint density at radius 2 is 1.98 bits per heavy atom. The first-order valence-electron chi connectivity index (χ1n) is 14.0. The van der Waals surface area contributed by atoms with Crippen LogP contribution in [-0.4, -0.2) is 95.0 Å². The number of benzene rings is 1. The molecule has 2 aromatic rings. The van der Waals surface area contributed by atoms with Crippen molar-refractivity contribution in [2.75, 3.05) is 50.8 Å². The Bertz CT molecular complexity index is 1330. The summed E-state index contributed by atoms with van der Waals surface area (Å²) in [5.74, 6) is -0.215. The number of likely N-dealkylation sites (N-methyl/N-ethyl adjacent to an activating group) is 1. The van der Waals surface area contributed by atoms with Gasteiger partial charge in [0.1, 0.15) is 28.8 Å². The number of nitrogens with zero attached hydrogens (tertiary/aromatic N) is 5. The van der Waals surface area contributed by atoms with Gasteiger partial charge in [0.2, 0.25) is 5.91 Å². The smallest absolute Gasteiger partial charge is 0.261 e. The Hall–Kier alpha value is -3.17. The molecule has 1 unspecified atom stereocenters. The molecule has 0 bridgehead atoms. The summed E-state index contributed by atoms with van der Waals surface area (Å²) in [6, 6.07) is 6.24. The number of aromatic nitrogens is 1. The number of ether oxygens (including phenoxy) is 1. The van der Waals surface area contributed by atoms with Crippen molar-refractivity contribution in [3.8, 4) is 17.0 Å². The van der Waals surface area contributed by atoms with Gasteiger partial charge in [-0.1, -0.05) is 44.2 Å². The summed E-state index contributed by atoms with van der Waals surface area (Å²) in [5, 5.41) is 0.105. The lowest BCUT2D eigenvalue weighted by Gasteiger charge is -2.40. The van der Waals surface area contributed by atoms with E-state index in [1.54, 1.807) is 28.0 Å². The van der Waals surface area contributed by atoms with Crippen LogP contribution in [0.1, 0.15) is 44.5 Å². The highest BCUT2D eigenvalue weighted by Gasteiger charge is 2.46. The molecule has 8 nitrogen and oxygen atoms in total. The number of fused-ring (bicyclic) bond motifs is 2. The van der Waals surface area contributed by atoms with E-state index in [-0.39, 0.29) is 58.1 Å². The highest BCUT2D eigenvalue weighted by atomic mass is 35.5. The van der Waals surface area contributed by atoms with E-state index in [0.29, 0.717) is 37.6 Å². The summed E-state index contributed by atoms with van der Waals surface area (Å²) in [6.07, 6.45) is 2.16. The van der Waals surface area contributed by atoms with Crippen LogP contribution in [0.5, 0.6) is 5.75 Å². The molecular formula is C30H37ClFN5O3. The molecule has 2 saturated heterocycles. The van der Waals surface area contributed by atoms with E-state index in [0.717, 1.165) is 19.5 Å². The van der Waals surface area contributed by atoms with Gasteiger partial charge < -0.3 is 19.4 Å². The van der Waals surface area contributed by atoms with Gasteiger partial charge in [0.05, 0.1) is 11.7 Å². The van der Waals surface area contributed by atoms with Crippen molar-refractivity contribution in [2.24, 2.45) is 0 Å². The van der Waals surface area contributed by atoms with Crippen molar-refractivity contribution in [2.45, 2.75) is 51.7 Å². The van der Waals surface area contributed by atoms with Crippen molar-refractivity contribution in [1.82, 2.24) is 19.7 Å². The van der Waals surface area contributed by atoms with E-state index in [9.17, 15) is 9.59 Å². The van der Waals surface area contributed by atoms with Crippen LogP contribution < -0.4 is 9.64 Å². The molecule has 5 rings (SSSR count). The van der Waals surface area contributed by atoms with Gasteiger partial charge in [0.15, 0.2) is 5.75 Å². The van der Waals surface area contributed by atoms with Crippen LogP contribution >= 0.6 is 11.6 Å². The number of hydrogen-bond donors (Lipinski definition) is 0. The molecule has 10 heteroatoms. The van der Waals surface area contributed by atoms with E-state index >= 15 is 4.39 Å². The van der Waals surface area contributed by atoms with Crippen LogP contribution in [0.15, 0.2) is 36.9 Å². The zero-order chi connectivity index (χ0) is 28.8. The van der Waals surface area contributed by atoms with E-state index in [4.69, 9.17) is 21.3 Å². The fourth-order valence-electron chi connectivity index (χ4n) is 6.37. The monoisotopic (exact) mass is 569 g/mol. The lowest BCUT2D eigenvalue weighted by Crippen LogP contribution is -2.57. The Morgan fingerprint density at radius 3 is 2.65 bits per heavy atom. The number of rotatable bonds is 6. The van der Waals surface area contributed by atoms with Crippen molar-refractivity contribution < 1.29 is 18.7 Å². The first-order valence-corrected chi connectivity index (χ1v) is 14.3. The zero-order valence-electron chi connectivity index (χ0n) is 23.6. The number of carbonyl (C=O) groups excluding carboxylic acids is 2. The van der Waals surface area contributed by atoms with E-state index in [2.05, 4.69) is 44.1 Å². The van der Waals surface area contributed by atoms with Crippen molar-refractivity contribution in [3.63, 3.8) is 0 Å². The number of piperazine rings is 1.